The number of fused-ring (bicyclic) bond motifs is 1. The summed E-state index contributed by atoms with van der Waals surface area (Å²) < 4.78 is 32.9. The van der Waals surface area contributed by atoms with Gasteiger partial charge in [0.2, 0.25) is 0 Å². The minimum atomic E-state index is -1.34. The largest absolute Gasteiger partial charge is 0.493 e. The second-order valence-corrected chi connectivity index (χ2v) is 11.1. The molecule has 3 unspecified atom stereocenters. The molecule has 0 radical (unpaired) electrons. The van der Waals surface area contributed by atoms with Crippen molar-refractivity contribution < 1.29 is 28.8 Å². The second kappa shape index (κ2) is 15.8. The highest BCUT2D eigenvalue weighted by molar-refractivity contribution is 5.51. The maximum atomic E-state index is 15.1. The summed E-state index contributed by atoms with van der Waals surface area (Å²) in [5, 5.41) is 29.6. The Morgan fingerprint density at radius 1 is 1.05 bits per heavy atom. The number of halogens is 1. The molecule has 0 saturated carbocycles. The summed E-state index contributed by atoms with van der Waals surface area (Å²) >= 11 is 0. The molecule has 3 aliphatic rings. The topological polar surface area (TPSA) is 107 Å². The maximum Gasteiger partial charge on any atom is 0.167 e. The summed E-state index contributed by atoms with van der Waals surface area (Å²) in [6, 6.07) is 13.9. The molecule has 2 aromatic rings. The zero-order valence-corrected chi connectivity index (χ0v) is 25.2. The molecule has 1 aliphatic carbocycles. The third-order valence-electron chi connectivity index (χ3n) is 7.90. The quantitative estimate of drug-likeness (QED) is 0.151. The van der Waals surface area contributed by atoms with Gasteiger partial charge in [-0.15, -0.1) is 0 Å². The number of rotatable bonds is 15. The van der Waals surface area contributed by atoms with Gasteiger partial charge in [-0.1, -0.05) is 36.8 Å². The van der Waals surface area contributed by atoms with Crippen LogP contribution in [0.15, 0.2) is 95.8 Å². The number of ether oxygens (including phenoxy) is 3. The zero-order valence-electron chi connectivity index (χ0n) is 25.2. The van der Waals surface area contributed by atoms with Gasteiger partial charge in [-0.3, -0.25) is 5.32 Å². The lowest BCUT2D eigenvalue weighted by Gasteiger charge is -2.28. The molecule has 236 valence electrons. The molecule has 3 atom stereocenters. The van der Waals surface area contributed by atoms with Crippen molar-refractivity contribution in [1.29, 1.82) is 0 Å². The number of hydrogen-bond acceptors (Lipinski definition) is 9. The highest BCUT2D eigenvalue weighted by Gasteiger charge is 2.27. The highest BCUT2D eigenvalue weighted by Crippen LogP contribution is 2.32. The van der Waals surface area contributed by atoms with E-state index in [2.05, 4.69) is 20.9 Å². The van der Waals surface area contributed by atoms with Gasteiger partial charge in [0.15, 0.2) is 29.3 Å². The fraction of sp³-hybridized carbons (Fsp3) is 0.412. The average molecular weight is 607 g/mol. The number of likely N-dealkylation sites (tertiary alicyclic amines) is 1. The first-order valence-corrected chi connectivity index (χ1v) is 15.4. The summed E-state index contributed by atoms with van der Waals surface area (Å²) in [6.07, 6.45) is 10.2. The SMILES string of the molecule is COC1=CC2=C(Oc3ccc(NC(O)C(O)NCCc4ccccc4)cc3F)C=CNC2C=C1OCCCN1CCCCC1. The second-order valence-electron chi connectivity index (χ2n) is 11.1. The molecule has 0 amide bonds. The normalized spacial score (nSPS) is 19.7. The third-order valence-corrected chi connectivity index (χ3v) is 7.90. The van der Waals surface area contributed by atoms with E-state index in [0.717, 1.165) is 24.1 Å². The number of piperidine rings is 1. The number of anilines is 1. The number of nitrogens with one attached hydrogen (secondary N) is 3. The van der Waals surface area contributed by atoms with Crippen molar-refractivity contribution in [3.05, 3.63) is 107 Å². The lowest BCUT2D eigenvalue weighted by Crippen LogP contribution is -2.44. The van der Waals surface area contributed by atoms with Crippen LogP contribution in [0.4, 0.5) is 10.1 Å². The number of methoxy groups -OCH3 is 1. The Morgan fingerprint density at radius 3 is 2.64 bits per heavy atom. The Balaban J connectivity index is 1.15. The van der Waals surface area contributed by atoms with Crippen molar-refractivity contribution >= 4 is 5.69 Å². The van der Waals surface area contributed by atoms with Crippen molar-refractivity contribution in [3.8, 4) is 5.75 Å². The predicted octanol–water partition coefficient (Wildman–Crippen LogP) is 4.15. The molecule has 0 bridgehead atoms. The molecule has 2 heterocycles. The van der Waals surface area contributed by atoms with Crippen molar-refractivity contribution in [2.75, 3.05) is 45.2 Å². The summed E-state index contributed by atoms with van der Waals surface area (Å²) in [4.78, 5) is 2.49. The minimum Gasteiger partial charge on any atom is -0.493 e. The van der Waals surface area contributed by atoms with Crippen LogP contribution >= 0.6 is 0 Å². The van der Waals surface area contributed by atoms with E-state index in [0.29, 0.717) is 42.5 Å². The molecule has 1 saturated heterocycles. The first-order valence-electron chi connectivity index (χ1n) is 15.4. The van der Waals surface area contributed by atoms with Gasteiger partial charge in [0, 0.05) is 36.6 Å². The molecule has 5 N–H and O–H groups in total. The Hall–Kier alpha value is -3.83. The smallest absolute Gasteiger partial charge is 0.167 e. The molecule has 2 aromatic carbocycles. The van der Waals surface area contributed by atoms with Crippen molar-refractivity contribution in [3.63, 3.8) is 0 Å². The standard InChI is InChI=1S/C34H43FN4O5/c1-42-31-22-26-28(23-32(31)43-20-8-19-39-17-6-3-7-18-39)36-16-14-29(26)44-30-12-11-25(21-27(30)35)38-34(41)33(40)37-15-13-24-9-4-2-5-10-24/h2,4-5,9-12,14,16,21-23,28,33-34,36-38,40-41H,3,6-8,13,15,17-20H2,1H3. The van der Waals surface area contributed by atoms with Crippen LogP contribution in [0.5, 0.6) is 5.75 Å². The lowest BCUT2D eigenvalue weighted by atomic mass is 9.96. The third kappa shape index (κ3) is 8.63. The van der Waals surface area contributed by atoms with Crippen LogP contribution in [-0.2, 0) is 15.9 Å². The number of nitrogens with zero attached hydrogens (tertiary/aromatic N) is 1. The first kappa shape index (κ1) is 31.6. The van der Waals surface area contributed by atoms with Crippen LogP contribution in [-0.4, -0.2) is 73.5 Å². The number of hydrogen-bond donors (Lipinski definition) is 5. The maximum absolute atomic E-state index is 15.1. The summed E-state index contributed by atoms with van der Waals surface area (Å²) in [5.74, 6) is 1.12. The van der Waals surface area contributed by atoms with Crippen LogP contribution in [0.2, 0.25) is 0 Å². The molecular formula is C34H43FN4O5. The first-order chi connectivity index (χ1) is 21.5. The van der Waals surface area contributed by atoms with E-state index in [4.69, 9.17) is 14.2 Å². The predicted molar refractivity (Wildman–Crippen MR) is 168 cm³/mol. The summed E-state index contributed by atoms with van der Waals surface area (Å²) in [5.41, 5.74) is 2.20. The van der Waals surface area contributed by atoms with Gasteiger partial charge < -0.3 is 40.0 Å². The average Bonchev–Trinajstić information content (AvgIpc) is 3.05. The Kier molecular flexibility index (Phi) is 11.3. The molecule has 0 spiro atoms. The molecule has 44 heavy (non-hydrogen) atoms. The van der Waals surface area contributed by atoms with E-state index in [9.17, 15) is 10.2 Å². The lowest BCUT2D eigenvalue weighted by molar-refractivity contribution is 0.0151. The van der Waals surface area contributed by atoms with E-state index < -0.39 is 18.3 Å². The molecule has 5 rings (SSSR count). The monoisotopic (exact) mass is 606 g/mol. The van der Waals surface area contributed by atoms with Gasteiger partial charge in [0.05, 0.1) is 19.8 Å². The van der Waals surface area contributed by atoms with Gasteiger partial charge in [-0.2, -0.15) is 0 Å². The highest BCUT2D eigenvalue weighted by atomic mass is 19.1. The van der Waals surface area contributed by atoms with E-state index in [1.165, 1.54) is 44.5 Å². The van der Waals surface area contributed by atoms with E-state index in [-0.39, 0.29) is 11.8 Å². The van der Waals surface area contributed by atoms with Crippen LogP contribution < -0.4 is 20.7 Å². The minimum absolute atomic E-state index is 0.0236. The summed E-state index contributed by atoms with van der Waals surface area (Å²) in [6.45, 7) is 4.41. The molecule has 2 aliphatic heterocycles. The van der Waals surface area contributed by atoms with Gasteiger partial charge in [0.1, 0.15) is 12.0 Å². The number of dihydropyridines is 1. The van der Waals surface area contributed by atoms with Crippen LogP contribution in [0.25, 0.3) is 0 Å². The van der Waals surface area contributed by atoms with Gasteiger partial charge in [-0.05, 0) is 74.7 Å². The summed E-state index contributed by atoms with van der Waals surface area (Å²) in [7, 11) is 1.60. The van der Waals surface area contributed by atoms with Crippen molar-refractivity contribution in [1.82, 2.24) is 15.5 Å². The van der Waals surface area contributed by atoms with E-state index >= 15 is 4.39 Å². The van der Waals surface area contributed by atoms with E-state index in [1.807, 2.05) is 42.5 Å². The number of benzene rings is 2. The van der Waals surface area contributed by atoms with Crippen LogP contribution in [0, 0.1) is 5.82 Å². The van der Waals surface area contributed by atoms with Gasteiger partial charge >= 0.3 is 0 Å². The van der Waals surface area contributed by atoms with Crippen molar-refractivity contribution in [2.45, 2.75) is 50.6 Å². The Labute approximate surface area is 258 Å². The number of aliphatic hydroxyl groups is 2. The number of allylic oxidation sites excluding steroid dienone is 1. The van der Waals surface area contributed by atoms with Crippen LogP contribution in [0.3, 0.4) is 0 Å². The zero-order chi connectivity index (χ0) is 30.7. The van der Waals surface area contributed by atoms with Crippen molar-refractivity contribution in [2.24, 2.45) is 0 Å². The van der Waals surface area contributed by atoms with Gasteiger partial charge in [-0.25, -0.2) is 4.39 Å². The van der Waals surface area contributed by atoms with E-state index in [1.54, 1.807) is 25.5 Å². The molecule has 0 aromatic heterocycles. The molecular weight excluding hydrogens is 563 g/mol. The molecule has 10 heteroatoms. The fourth-order valence-electron chi connectivity index (χ4n) is 5.50. The Bertz CT molecular complexity index is 1360. The van der Waals surface area contributed by atoms with Crippen LogP contribution in [0.1, 0.15) is 31.2 Å². The van der Waals surface area contributed by atoms with Gasteiger partial charge in [0.25, 0.3) is 0 Å². The number of aliphatic hydroxyl groups excluding tert-OH is 2. The Morgan fingerprint density at radius 2 is 1.86 bits per heavy atom. The molecule has 1 fully saturated rings. The fourth-order valence-corrected chi connectivity index (χ4v) is 5.50. The molecule has 9 nitrogen and oxygen atoms in total.